The minimum absolute atomic E-state index is 0.154. The van der Waals surface area contributed by atoms with Gasteiger partial charge in [-0.25, -0.2) is 9.97 Å². The standard InChI is InChI=1S/C7H11N3O/c1-10(2)4-6-7(11)3-8-5-9-6/h3,5,11H,4H2,1-2H3. The van der Waals surface area contributed by atoms with Crippen molar-refractivity contribution >= 4 is 0 Å². The van der Waals surface area contributed by atoms with E-state index < -0.39 is 0 Å². The van der Waals surface area contributed by atoms with Crippen LogP contribution in [-0.4, -0.2) is 34.1 Å². The highest BCUT2D eigenvalue weighted by Gasteiger charge is 2.01. The first-order valence-corrected chi connectivity index (χ1v) is 3.32. The lowest BCUT2D eigenvalue weighted by Gasteiger charge is -2.08. The van der Waals surface area contributed by atoms with E-state index in [1.165, 1.54) is 12.5 Å². The van der Waals surface area contributed by atoms with E-state index >= 15 is 0 Å². The van der Waals surface area contributed by atoms with Crippen LogP contribution in [0.4, 0.5) is 0 Å². The van der Waals surface area contributed by atoms with Gasteiger partial charge in [0.1, 0.15) is 6.33 Å². The van der Waals surface area contributed by atoms with Gasteiger partial charge in [0.05, 0.1) is 11.9 Å². The Bertz CT molecular complexity index is 237. The average molecular weight is 153 g/mol. The summed E-state index contributed by atoms with van der Waals surface area (Å²) >= 11 is 0. The molecule has 0 aromatic carbocycles. The van der Waals surface area contributed by atoms with Crippen LogP contribution in [0, 0.1) is 0 Å². The molecule has 11 heavy (non-hydrogen) atoms. The van der Waals surface area contributed by atoms with E-state index in [1.54, 1.807) is 0 Å². The van der Waals surface area contributed by atoms with Crippen molar-refractivity contribution in [2.45, 2.75) is 6.54 Å². The molecule has 1 rings (SSSR count). The van der Waals surface area contributed by atoms with Gasteiger partial charge in [-0.3, -0.25) is 0 Å². The van der Waals surface area contributed by atoms with Gasteiger partial charge in [0.15, 0.2) is 5.75 Å². The molecule has 0 fully saturated rings. The number of nitrogens with zero attached hydrogens (tertiary/aromatic N) is 3. The molecule has 0 bridgehead atoms. The zero-order valence-electron chi connectivity index (χ0n) is 6.65. The molecule has 0 amide bonds. The van der Waals surface area contributed by atoms with Gasteiger partial charge in [0, 0.05) is 6.54 Å². The first-order valence-electron chi connectivity index (χ1n) is 3.32. The van der Waals surface area contributed by atoms with Crippen LogP contribution in [-0.2, 0) is 6.54 Å². The number of rotatable bonds is 2. The highest BCUT2D eigenvalue weighted by Crippen LogP contribution is 2.11. The van der Waals surface area contributed by atoms with Crippen molar-refractivity contribution in [2.75, 3.05) is 14.1 Å². The van der Waals surface area contributed by atoms with Gasteiger partial charge >= 0.3 is 0 Å². The Kier molecular flexibility index (Phi) is 2.38. The molecule has 0 unspecified atom stereocenters. The fourth-order valence-electron chi connectivity index (χ4n) is 0.769. The van der Waals surface area contributed by atoms with Crippen LogP contribution in [0.1, 0.15) is 5.69 Å². The lowest BCUT2D eigenvalue weighted by atomic mass is 10.3. The van der Waals surface area contributed by atoms with Crippen molar-refractivity contribution in [3.8, 4) is 5.75 Å². The third-order valence-electron chi connectivity index (χ3n) is 1.24. The first-order chi connectivity index (χ1) is 5.20. The Balaban J connectivity index is 2.78. The molecule has 4 heteroatoms. The van der Waals surface area contributed by atoms with Gasteiger partial charge in [0.25, 0.3) is 0 Å². The second-order valence-electron chi connectivity index (χ2n) is 2.59. The number of hydrogen-bond donors (Lipinski definition) is 1. The predicted molar refractivity (Wildman–Crippen MR) is 41.1 cm³/mol. The SMILES string of the molecule is CN(C)Cc1ncncc1O. The van der Waals surface area contributed by atoms with E-state index in [4.69, 9.17) is 0 Å². The predicted octanol–water partition coefficient (Wildman–Crippen LogP) is 0.244. The molecule has 0 radical (unpaired) electrons. The summed E-state index contributed by atoms with van der Waals surface area (Å²) in [5.41, 5.74) is 0.657. The van der Waals surface area contributed by atoms with Gasteiger partial charge in [-0.2, -0.15) is 0 Å². The minimum Gasteiger partial charge on any atom is -0.504 e. The third-order valence-corrected chi connectivity index (χ3v) is 1.24. The lowest BCUT2D eigenvalue weighted by molar-refractivity contribution is 0.377. The molecule has 0 aliphatic carbocycles. The molecule has 0 saturated carbocycles. The molecule has 0 aliphatic heterocycles. The van der Waals surface area contributed by atoms with E-state index in [-0.39, 0.29) is 5.75 Å². The van der Waals surface area contributed by atoms with E-state index in [0.29, 0.717) is 12.2 Å². The molecule has 0 saturated heterocycles. The summed E-state index contributed by atoms with van der Waals surface area (Å²) in [6, 6.07) is 0. The number of aromatic hydroxyl groups is 1. The maximum Gasteiger partial charge on any atom is 0.156 e. The maximum atomic E-state index is 9.21. The van der Waals surface area contributed by atoms with Crippen molar-refractivity contribution in [3.63, 3.8) is 0 Å². The summed E-state index contributed by atoms with van der Waals surface area (Å²) < 4.78 is 0. The van der Waals surface area contributed by atoms with Crippen LogP contribution in [0.3, 0.4) is 0 Å². The summed E-state index contributed by atoms with van der Waals surface area (Å²) in [5.74, 6) is 0.154. The van der Waals surface area contributed by atoms with Crippen LogP contribution >= 0.6 is 0 Å². The van der Waals surface area contributed by atoms with Gasteiger partial charge in [0.2, 0.25) is 0 Å². The van der Waals surface area contributed by atoms with Gasteiger partial charge < -0.3 is 10.0 Å². The molecule has 1 aromatic heterocycles. The summed E-state index contributed by atoms with van der Waals surface area (Å²) in [7, 11) is 3.84. The largest absolute Gasteiger partial charge is 0.504 e. The molecule has 0 spiro atoms. The highest BCUT2D eigenvalue weighted by atomic mass is 16.3. The van der Waals surface area contributed by atoms with E-state index in [2.05, 4.69) is 9.97 Å². The Morgan fingerprint density at radius 1 is 1.55 bits per heavy atom. The second-order valence-corrected chi connectivity index (χ2v) is 2.59. The van der Waals surface area contributed by atoms with Crippen molar-refractivity contribution in [2.24, 2.45) is 0 Å². The van der Waals surface area contributed by atoms with Gasteiger partial charge in [-0.15, -0.1) is 0 Å². The Hall–Kier alpha value is -1.16. The quantitative estimate of drug-likeness (QED) is 0.661. The number of hydrogen-bond acceptors (Lipinski definition) is 4. The normalized spacial score (nSPS) is 10.5. The molecule has 0 atom stereocenters. The molecule has 60 valence electrons. The van der Waals surface area contributed by atoms with Crippen LogP contribution in [0.15, 0.2) is 12.5 Å². The average Bonchev–Trinajstić information content (AvgIpc) is 1.93. The topological polar surface area (TPSA) is 49.2 Å². The van der Waals surface area contributed by atoms with Crippen molar-refractivity contribution in [3.05, 3.63) is 18.2 Å². The summed E-state index contributed by atoms with van der Waals surface area (Å²) in [4.78, 5) is 9.52. The zero-order valence-corrected chi connectivity index (χ0v) is 6.65. The second kappa shape index (κ2) is 3.30. The van der Waals surface area contributed by atoms with Gasteiger partial charge in [-0.1, -0.05) is 0 Å². The molecule has 1 N–H and O–H groups in total. The van der Waals surface area contributed by atoms with Gasteiger partial charge in [-0.05, 0) is 14.1 Å². The lowest BCUT2D eigenvalue weighted by Crippen LogP contribution is -2.11. The number of aromatic nitrogens is 2. The highest BCUT2D eigenvalue weighted by molar-refractivity contribution is 5.20. The van der Waals surface area contributed by atoms with Crippen LogP contribution in [0.5, 0.6) is 5.75 Å². The zero-order chi connectivity index (χ0) is 8.27. The van der Waals surface area contributed by atoms with Crippen molar-refractivity contribution in [1.29, 1.82) is 0 Å². The molecule has 1 heterocycles. The van der Waals surface area contributed by atoms with E-state index in [9.17, 15) is 5.11 Å². The van der Waals surface area contributed by atoms with Crippen LogP contribution in [0.25, 0.3) is 0 Å². The first kappa shape index (κ1) is 7.94. The molecular weight excluding hydrogens is 142 g/mol. The minimum atomic E-state index is 0.154. The van der Waals surface area contributed by atoms with Crippen molar-refractivity contribution < 1.29 is 5.11 Å². The Morgan fingerprint density at radius 2 is 2.27 bits per heavy atom. The smallest absolute Gasteiger partial charge is 0.156 e. The summed E-state index contributed by atoms with van der Waals surface area (Å²) in [5, 5.41) is 9.21. The summed E-state index contributed by atoms with van der Waals surface area (Å²) in [6.07, 6.45) is 2.82. The van der Waals surface area contributed by atoms with Crippen molar-refractivity contribution in [1.82, 2.24) is 14.9 Å². The Morgan fingerprint density at radius 3 is 2.82 bits per heavy atom. The maximum absolute atomic E-state index is 9.21. The monoisotopic (exact) mass is 153 g/mol. The fourth-order valence-corrected chi connectivity index (χ4v) is 0.769. The molecule has 1 aromatic rings. The van der Waals surface area contributed by atoms with Crippen LogP contribution in [0.2, 0.25) is 0 Å². The molecular formula is C7H11N3O. The molecule has 0 aliphatic rings. The fraction of sp³-hybridized carbons (Fsp3) is 0.429. The third kappa shape index (κ3) is 2.16. The van der Waals surface area contributed by atoms with Crippen LogP contribution < -0.4 is 0 Å². The molecule has 4 nitrogen and oxygen atoms in total. The Labute approximate surface area is 65.5 Å². The van der Waals surface area contributed by atoms with E-state index in [1.807, 2.05) is 19.0 Å². The summed E-state index contributed by atoms with van der Waals surface area (Å²) in [6.45, 7) is 0.633. The van der Waals surface area contributed by atoms with E-state index in [0.717, 1.165) is 0 Å².